The molecule has 1 atom stereocenters. The van der Waals surface area contributed by atoms with E-state index in [9.17, 15) is 14.0 Å². The molecule has 1 N–H and O–H groups in total. The van der Waals surface area contributed by atoms with Crippen molar-refractivity contribution in [3.63, 3.8) is 0 Å². The van der Waals surface area contributed by atoms with Crippen molar-refractivity contribution in [2.75, 3.05) is 19.0 Å². The van der Waals surface area contributed by atoms with Crippen LogP contribution in [0.3, 0.4) is 0 Å². The predicted molar refractivity (Wildman–Crippen MR) is 114 cm³/mol. The lowest BCUT2D eigenvalue weighted by molar-refractivity contribution is -0.134. The second-order valence-electron chi connectivity index (χ2n) is 6.84. The summed E-state index contributed by atoms with van der Waals surface area (Å²) in [4.78, 5) is 26.7. The van der Waals surface area contributed by atoms with Crippen LogP contribution in [0.5, 0.6) is 5.75 Å². The molecule has 0 saturated carbocycles. The molecule has 0 spiro atoms. The molecule has 0 aliphatic heterocycles. The van der Waals surface area contributed by atoms with Gasteiger partial charge in [0.1, 0.15) is 11.6 Å². The van der Waals surface area contributed by atoms with Crippen molar-refractivity contribution in [1.82, 2.24) is 4.90 Å². The highest BCUT2D eigenvalue weighted by Crippen LogP contribution is 2.22. The van der Waals surface area contributed by atoms with Crippen molar-refractivity contribution >= 4 is 17.5 Å². The summed E-state index contributed by atoms with van der Waals surface area (Å²) in [7, 11) is 1.66. The van der Waals surface area contributed by atoms with Crippen molar-refractivity contribution in [3.05, 3.63) is 95.8 Å². The Labute approximate surface area is 175 Å². The highest BCUT2D eigenvalue weighted by molar-refractivity contribution is 6.06. The third-order valence-electron chi connectivity index (χ3n) is 4.84. The predicted octanol–water partition coefficient (Wildman–Crippen LogP) is 4.68. The van der Waals surface area contributed by atoms with E-state index in [0.717, 1.165) is 5.56 Å². The van der Waals surface area contributed by atoms with Gasteiger partial charge in [-0.05, 0) is 48.9 Å². The summed E-state index contributed by atoms with van der Waals surface area (Å²) in [6, 6.07) is 21.6. The number of carbonyl (C=O) groups is 2. The van der Waals surface area contributed by atoms with Crippen molar-refractivity contribution < 1.29 is 18.7 Å². The number of nitrogens with one attached hydrogen (secondary N) is 1. The zero-order valence-corrected chi connectivity index (χ0v) is 16.8. The summed E-state index contributed by atoms with van der Waals surface area (Å²) >= 11 is 0. The number of benzene rings is 3. The second-order valence-corrected chi connectivity index (χ2v) is 6.84. The Bertz CT molecular complexity index is 1010. The number of anilines is 1. The first-order valence-corrected chi connectivity index (χ1v) is 9.55. The quantitative estimate of drug-likeness (QED) is 0.620. The molecule has 3 aromatic rings. The topological polar surface area (TPSA) is 58.6 Å². The van der Waals surface area contributed by atoms with Gasteiger partial charge in [0.25, 0.3) is 11.8 Å². The molecule has 0 radical (unpaired) electrons. The van der Waals surface area contributed by atoms with Crippen LogP contribution in [0, 0.1) is 5.82 Å². The summed E-state index contributed by atoms with van der Waals surface area (Å²) in [6.45, 7) is 1.63. The molecule has 0 aliphatic rings. The molecule has 6 heteroatoms. The van der Waals surface area contributed by atoms with E-state index in [-0.39, 0.29) is 30.3 Å². The van der Waals surface area contributed by atoms with Gasteiger partial charge in [-0.15, -0.1) is 0 Å². The number of hydrogen-bond acceptors (Lipinski definition) is 3. The number of ether oxygens (including phenoxy) is 1. The smallest absolute Gasteiger partial charge is 0.260 e. The number of likely N-dealkylation sites (N-methyl/N-ethyl adjacent to an activating group) is 1. The van der Waals surface area contributed by atoms with E-state index >= 15 is 0 Å². The molecule has 0 bridgehead atoms. The zero-order valence-electron chi connectivity index (χ0n) is 16.8. The fourth-order valence-electron chi connectivity index (χ4n) is 2.92. The van der Waals surface area contributed by atoms with Gasteiger partial charge in [0.05, 0.1) is 11.6 Å². The lowest BCUT2D eigenvalue weighted by Gasteiger charge is -2.25. The van der Waals surface area contributed by atoms with Crippen molar-refractivity contribution in [1.29, 1.82) is 0 Å². The first kappa shape index (κ1) is 21.0. The number of nitrogens with zero attached hydrogens (tertiary/aromatic N) is 1. The van der Waals surface area contributed by atoms with Crippen LogP contribution in [0.2, 0.25) is 0 Å². The Morgan fingerprint density at radius 2 is 1.60 bits per heavy atom. The summed E-state index contributed by atoms with van der Waals surface area (Å²) in [6.07, 6.45) is 0. The molecule has 3 aromatic carbocycles. The molecular weight excluding hydrogens is 383 g/mol. The van der Waals surface area contributed by atoms with E-state index in [1.54, 1.807) is 55.6 Å². The van der Waals surface area contributed by atoms with Gasteiger partial charge in [-0.2, -0.15) is 0 Å². The highest BCUT2D eigenvalue weighted by atomic mass is 19.1. The lowest BCUT2D eigenvalue weighted by Crippen LogP contribution is -2.33. The van der Waals surface area contributed by atoms with E-state index in [0.29, 0.717) is 17.0 Å². The van der Waals surface area contributed by atoms with Gasteiger partial charge in [0, 0.05) is 12.7 Å². The van der Waals surface area contributed by atoms with Crippen LogP contribution >= 0.6 is 0 Å². The Kier molecular flexibility index (Phi) is 6.80. The van der Waals surface area contributed by atoms with E-state index in [1.807, 2.05) is 25.1 Å². The molecule has 1 unspecified atom stereocenters. The minimum atomic E-state index is -0.325. The fraction of sp³-hybridized carbons (Fsp3) is 0.167. The molecule has 0 heterocycles. The summed E-state index contributed by atoms with van der Waals surface area (Å²) in [5.74, 6) is -0.585. The van der Waals surface area contributed by atoms with Crippen LogP contribution in [0.25, 0.3) is 0 Å². The van der Waals surface area contributed by atoms with E-state index in [2.05, 4.69) is 5.32 Å². The number of hydrogen-bond donors (Lipinski definition) is 1. The van der Waals surface area contributed by atoms with Gasteiger partial charge < -0.3 is 15.0 Å². The summed E-state index contributed by atoms with van der Waals surface area (Å²) < 4.78 is 18.8. The molecule has 2 amide bonds. The number of amides is 2. The molecule has 0 fully saturated rings. The Balaban J connectivity index is 1.64. The maximum Gasteiger partial charge on any atom is 0.260 e. The molecule has 5 nitrogen and oxygen atoms in total. The largest absolute Gasteiger partial charge is 0.483 e. The van der Waals surface area contributed by atoms with Crippen molar-refractivity contribution in [3.8, 4) is 5.75 Å². The van der Waals surface area contributed by atoms with Gasteiger partial charge in [-0.25, -0.2) is 4.39 Å². The van der Waals surface area contributed by atoms with Gasteiger partial charge in [0.15, 0.2) is 6.61 Å². The van der Waals surface area contributed by atoms with Crippen LogP contribution < -0.4 is 10.1 Å². The van der Waals surface area contributed by atoms with E-state index < -0.39 is 0 Å². The normalized spacial score (nSPS) is 11.4. The van der Waals surface area contributed by atoms with Crippen LogP contribution in [0.4, 0.5) is 10.1 Å². The molecular formula is C24H23FN2O3. The standard InChI is InChI=1S/C24H23FN2O3/c1-17(18-12-14-19(25)15-13-18)27(2)23(28)16-30-22-11-7-6-10-21(22)24(29)26-20-8-4-3-5-9-20/h3-15,17H,16H2,1-2H3,(H,26,29). The average molecular weight is 406 g/mol. The van der Waals surface area contributed by atoms with Crippen LogP contribution in [0.1, 0.15) is 28.9 Å². The number of halogens is 1. The Morgan fingerprint density at radius 1 is 0.967 bits per heavy atom. The van der Waals surface area contributed by atoms with E-state index in [1.165, 1.54) is 17.0 Å². The summed E-state index contributed by atoms with van der Waals surface area (Å²) in [5, 5.41) is 2.81. The van der Waals surface area contributed by atoms with Crippen molar-refractivity contribution in [2.24, 2.45) is 0 Å². The second kappa shape index (κ2) is 9.69. The van der Waals surface area contributed by atoms with Gasteiger partial charge in [-0.3, -0.25) is 9.59 Å². The number of para-hydroxylation sites is 2. The molecule has 3 rings (SSSR count). The Morgan fingerprint density at radius 3 is 2.30 bits per heavy atom. The van der Waals surface area contributed by atoms with Gasteiger partial charge >= 0.3 is 0 Å². The first-order chi connectivity index (χ1) is 14.5. The number of rotatable bonds is 7. The first-order valence-electron chi connectivity index (χ1n) is 9.55. The van der Waals surface area contributed by atoms with E-state index in [4.69, 9.17) is 4.74 Å². The summed E-state index contributed by atoms with van der Waals surface area (Å²) in [5.41, 5.74) is 1.82. The molecule has 30 heavy (non-hydrogen) atoms. The van der Waals surface area contributed by atoms with Crippen molar-refractivity contribution in [2.45, 2.75) is 13.0 Å². The average Bonchev–Trinajstić information content (AvgIpc) is 2.77. The van der Waals surface area contributed by atoms with Crippen LogP contribution in [-0.2, 0) is 4.79 Å². The fourth-order valence-corrected chi connectivity index (χ4v) is 2.92. The molecule has 0 aliphatic carbocycles. The SMILES string of the molecule is CC(c1ccc(F)cc1)N(C)C(=O)COc1ccccc1C(=O)Nc1ccccc1. The zero-order chi connectivity index (χ0) is 21.5. The van der Waals surface area contributed by atoms with Gasteiger partial charge in [0.2, 0.25) is 0 Å². The lowest BCUT2D eigenvalue weighted by atomic mass is 10.1. The molecule has 0 aromatic heterocycles. The minimum Gasteiger partial charge on any atom is -0.483 e. The third kappa shape index (κ3) is 5.23. The highest BCUT2D eigenvalue weighted by Gasteiger charge is 2.19. The van der Waals surface area contributed by atoms with Crippen LogP contribution in [0.15, 0.2) is 78.9 Å². The molecule has 154 valence electrons. The van der Waals surface area contributed by atoms with Crippen LogP contribution in [-0.4, -0.2) is 30.4 Å². The maximum atomic E-state index is 13.1. The molecule has 0 saturated heterocycles. The number of carbonyl (C=O) groups excluding carboxylic acids is 2. The minimum absolute atomic E-state index is 0.225. The third-order valence-corrected chi connectivity index (χ3v) is 4.84. The monoisotopic (exact) mass is 406 g/mol. The maximum absolute atomic E-state index is 13.1. The Hall–Kier alpha value is -3.67. The van der Waals surface area contributed by atoms with Gasteiger partial charge in [-0.1, -0.05) is 42.5 Å².